The molecule has 0 amide bonds. The number of aliphatic hydroxyl groups excluding tert-OH is 1. The molecule has 0 aliphatic rings. The van der Waals surface area contributed by atoms with E-state index in [1.165, 1.54) is 0 Å². The van der Waals surface area contributed by atoms with E-state index in [0.717, 1.165) is 5.56 Å². The van der Waals surface area contributed by atoms with Gasteiger partial charge in [0.1, 0.15) is 0 Å². The van der Waals surface area contributed by atoms with Gasteiger partial charge in [0.25, 0.3) is 0 Å². The second-order valence-corrected chi connectivity index (χ2v) is 2.83. The third kappa shape index (κ3) is 3.14. The van der Waals surface area contributed by atoms with Crippen LogP contribution in [0.15, 0.2) is 30.3 Å². The van der Waals surface area contributed by atoms with Crippen molar-refractivity contribution < 1.29 is 5.11 Å². The number of nitriles is 1. The van der Waals surface area contributed by atoms with Gasteiger partial charge in [-0.15, -0.1) is 0 Å². The van der Waals surface area contributed by atoms with Crippen molar-refractivity contribution in [1.29, 1.82) is 5.26 Å². The average molecular weight is 176 g/mol. The monoisotopic (exact) mass is 176 g/mol. The first-order valence-electron chi connectivity index (χ1n) is 4.16. The Balaban J connectivity index is 2.53. The van der Waals surface area contributed by atoms with Gasteiger partial charge >= 0.3 is 0 Å². The zero-order valence-electron chi connectivity index (χ0n) is 7.27. The zero-order chi connectivity index (χ0) is 9.52. The van der Waals surface area contributed by atoms with E-state index >= 15 is 0 Å². The van der Waals surface area contributed by atoms with Crippen molar-refractivity contribution in [3.63, 3.8) is 0 Å². The molecule has 0 fully saturated rings. The van der Waals surface area contributed by atoms with E-state index in [0.29, 0.717) is 6.42 Å². The van der Waals surface area contributed by atoms with Crippen LogP contribution in [-0.2, 0) is 6.42 Å². The summed E-state index contributed by atoms with van der Waals surface area (Å²) in [4.78, 5) is 0. The molecule has 0 radical (unpaired) electrons. The molecule has 0 heterocycles. The fourth-order valence-electron chi connectivity index (χ4n) is 1.15. The minimum absolute atomic E-state index is 0.0253. The molecule has 0 bridgehead atoms. The number of hydrogen-bond acceptors (Lipinski definition) is 3. The van der Waals surface area contributed by atoms with Crippen LogP contribution >= 0.6 is 0 Å². The Labute approximate surface area is 77.6 Å². The van der Waals surface area contributed by atoms with E-state index in [2.05, 4.69) is 5.32 Å². The molecule has 0 aromatic heterocycles. The molecule has 13 heavy (non-hydrogen) atoms. The van der Waals surface area contributed by atoms with E-state index in [9.17, 15) is 0 Å². The second kappa shape index (κ2) is 5.18. The molecule has 0 saturated heterocycles. The van der Waals surface area contributed by atoms with Gasteiger partial charge in [-0.3, -0.25) is 0 Å². The highest BCUT2D eigenvalue weighted by Gasteiger charge is 2.05. The molecule has 1 rings (SSSR count). The summed E-state index contributed by atoms with van der Waals surface area (Å²) >= 11 is 0. The highest BCUT2D eigenvalue weighted by Crippen LogP contribution is 2.02. The van der Waals surface area contributed by atoms with Gasteiger partial charge in [-0.05, 0) is 12.0 Å². The molecular weight excluding hydrogens is 164 g/mol. The molecule has 1 unspecified atom stereocenters. The molecule has 68 valence electrons. The van der Waals surface area contributed by atoms with E-state index in [1.54, 1.807) is 0 Å². The van der Waals surface area contributed by atoms with Crippen LogP contribution in [0, 0.1) is 11.5 Å². The molecule has 0 saturated carbocycles. The summed E-state index contributed by atoms with van der Waals surface area (Å²) in [5.74, 6) is 0. The van der Waals surface area contributed by atoms with Gasteiger partial charge in [0.2, 0.25) is 0 Å². The van der Waals surface area contributed by atoms with Crippen LogP contribution in [0.5, 0.6) is 0 Å². The number of rotatable bonds is 4. The van der Waals surface area contributed by atoms with E-state index in [1.807, 2.05) is 36.5 Å². The quantitative estimate of drug-likeness (QED) is 0.523. The maximum absolute atomic E-state index is 8.90. The smallest absolute Gasteiger partial charge is 0.176 e. The number of nitrogens with zero attached hydrogens (tertiary/aromatic N) is 1. The van der Waals surface area contributed by atoms with Crippen molar-refractivity contribution in [1.82, 2.24) is 5.32 Å². The Morgan fingerprint density at radius 1 is 1.38 bits per heavy atom. The normalized spacial score (nSPS) is 11.7. The minimum atomic E-state index is -0.174. The maximum atomic E-state index is 8.90. The SMILES string of the molecule is N#CNC(CO)Cc1ccccc1. The number of nitrogens with one attached hydrogen (secondary N) is 1. The standard InChI is InChI=1S/C10H12N2O/c11-8-12-10(7-13)6-9-4-2-1-3-5-9/h1-5,10,12-13H,6-7H2. The number of benzene rings is 1. The van der Waals surface area contributed by atoms with Crippen LogP contribution in [0.3, 0.4) is 0 Å². The Kier molecular flexibility index (Phi) is 3.80. The van der Waals surface area contributed by atoms with E-state index < -0.39 is 0 Å². The maximum Gasteiger partial charge on any atom is 0.176 e. The third-order valence-corrected chi connectivity index (χ3v) is 1.81. The Morgan fingerprint density at radius 3 is 2.62 bits per heavy atom. The molecule has 0 spiro atoms. The number of aliphatic hydroxyl groups is 1. The molecule has 2 N–H and O–H groups in total. The van der Waals surface area contributed by atoms with Crippen molar-refractivity contribution in [2.24, 2.45) is 0 Å². The predicted molar refractivity (Wildman–Crippen MR) is 49.8 cm³/mol. The summed E-state index contributed by atoms with van der Waals surface area (Å²) in [7, 11) is 0. The molecule has 0 aliphatic heterocycles. The Morgan fingerprint density at radius 2 is 2.08 bits per heavy atom. The third-order valence-electron chi connectivity index (χ3n) is 1.81. The van der Waals surface area contributed by atoms with Crippen LogP contribution in [-0.4, -0.2) is 17.8 Å². The molecule has 1 aromatic carbocycles. The highest BCUT2D eigenvalue weighted by molar-refractivity contribution is 5.16. The Hall–Kier alpha value is -1.53. The van der Waals surface area contributed by atoms with Crippen molar-refractivity contribution in [3.05, 3.63) is 35.9 Å². The van der Waals surface area contributed by atoms with Crippen LogP contribution in [0.4, 0.5) is 0 Å². The van der Waals surface area contributed by atoms with Gasteiger partial charge < -0.3 is 10.4 Å². The lowest BCUT2D eigenvalue weighted by molar-refractivity contribution is 0.253. The summed E-state index contributed by atoms with van der Waals surface area (Å²) in [5.41, 5.74) is 1.12. The van der Waals surface area contributed by atoms with Crippen molar-refractivity contribution >= 4 is 0 Å². The zero-order valence-corrected chi connectivity index (χ0v) is 7.27. The molecule has 3 heteroatoms. The highest BCUT2D eigenvalue weighted by atomic mass is 16.3. The van der Waals surface area contributed by atoms with Crippen LogP contribution < -0.4 is 5.32 Å². The summed E-state index contributed by atoms with van der Waals surface area (Å²) < 4.78 is 0. The first kappa shape index (κ1) is 9.56. The van der Waals surface area contributed by atoms with Crippen LogP contribution in [0.2, 0.25) is 0 Å². The Bertz CT molecular complexity index is 279. The predicted octanol–water partition coefficient (Wildman–Crippen LogP) is 0.661. The van der Waals surface area contributed by atoms with Gasteiger partial charge in [0, 0.05) is 0 Å². The first-order valence-corrected chi connectivity index (χ1v) is 4.16. The van der Waals surface area contributed by atoms with Crippen LogP contribution in [0.25, 0.3) is 0 Å². The average Bonchev–Trinajstić information content (AvgIpc) is 2.19. The fraction of sp³-hybridized carbons (Fsp3) is 0.300. The fourth-order valence-corrected chi connectivity index (χ4v) is 1.15. The van der Waals surface area contributed by atoms with Crippen molar-refractivity contribution in [2.45, 2.75) is 12.5 Å². The van der Waals surface area contributed by atoms with Gasteiger partial charge in [0.15, 0.2) is 6.19 Å². The molecule has 1 atom stereocenters. The first-order chi connectivity index (χ1) is 6.36. The molecule has 0 aliphatic carbocycles. The van der Waals surface area contributed by atoms with E-state index in [4.69, 9.17) is 10.4 Å². The lowest BCUT2D eigenvalue weighted by atomic mass is 10.1. The lowest BCUT2D eigenvalue weighted by Crippen LogP contribution is -2.30. The summed E-state index contributed by atoms with van der Waals surface area (Å²) in [6, 6.07) is 9.60. The topological polar surface area (TPSA) is 56.0 Å². The van der Waals surface area contributed by atoms with Gasteiger partial charge in [-0.25, -0.2) is 0 Å². The molecule has 1 aromatic rings. The summed E-state index contributed by atoms with van der Waals surface area (Å²) in [6.07, 6.45) is 2.50. The number of hydrogen-bond donors (Lipinski definition) is 2. The molecule has 3 nitrogen and oxygen atoms in total. The summed E-state index contributed by atoms with van der Waals surface area (Å²) in [6.45, 7) is -0.0253. The lowest BCUT2D eigenvalue weighted by Gasteiger charge is -2.11. The minimum Gasteiger partial charge on any atom is -0.394 e. The van der Waals surface area contributed by atoms with Gasteiger partial charge in [0.05, 0.1) is 12.6 Å². The largest absolute Gasteiger partial charge is 0.394 e. The van der Waals surface area contributed by atoms with Crippen molar-refractivity contribution in [3.8, 4) is 6.19 Å². The summed E-state index contributed by atoms with van der Waals surface area (Å²) in [5, 5.41) is 19.8. The van der Waals surface area contributed by atoms with Crippen LogP contribution in [0.1, 0.15) is 5.56 Å². The van der Waals surface area contributed by atoms with Gasteiger partial charge in [-0.1, -0.05) is 30.3 Å². The molecular formula is C10H12N2O. The van der Waals surface area contributed by atoms with Crippen molar-refractivity contribution in [2.75, 3.05) is 6.61 Å². The second-order valence-electron chi connectivity index (χ2n) is 2.83. The van der Waals surface area contributed by atoms with Gasteiger partial charge in [-0.2, -0.15) is 5.26 Å². The van der Waals surface area contributed by atoms with E-state index in [-0.39, 0.29) is 12.6 Å².